The molecule has 1 saturated carbocycles. The number of piperidine rings is 1. The van der Waals surface area contributed by atoms with Crippen molar-refractivity contribution in [2.24, 2.45) is 16.7 Å². The predicted octanol–water partition coefficient (Wildman–Crippen LogP) is 3.02. The molecule has 0 aromatic heterocycles. The zero-order chi connectivity index (χ0) is 21.8. The van der Waals surface area contributed by atoms with Gasteiger partial charge >= 0.3 is 6.03 Å². The van der Waals surface area contributed by atoms with E-state index in [0.29, 0.717) is 12.8 Å². The van der Waals surface area contributed by atoms with E-state index in [2.05, 4.69) is 10.6 Å². The average Bonchev–Trinajstić information content (AvgIpc) is 2.60. The molecule has 1 heterocycles. The standard InChI is InChI=1S/C22H37N3O4/c1-21(2,3)17(13-25-18(27)11-22(4,5)12-19(25)28)24-20(29)23-16(14-26)15-9-7-6-8-10-15/h14-17H,6-13H2,1-5H3,(H2,23,24,29)/t16-,17-/m1/s1. The molecular weight excluding hydrogens is 370 g/mol. The van der Waals surface area contributed by atoms with Crippen LogP contribution >= 0.6 is 0 Å². The molecule has 164 valence electrons. The highest BCUT2D eigenvalue weighted by Gasteiger charge is 2.40. The molecule has 2 N–H and O–H groups in total. The number of nitrogens with zero attached hydrogens (tertiary/aromatic N) is 1. The van der Waals surface area contributed by atoms with Gasteiger partial charge in [0, 0.05) is 19.4 Å². The van der Waals surface area contributed by atoms with Gasteiger partial charge in [0.1, 0.15) is 6.29 Å². The zero-order valence-electron chi connectivity index (χ0n) is 18.5. The fraction of sp³-hybridized carbons (Fsp3) is 0.818. The lowest BCUT2D eigenvalue weighted by Crippen LogP contribution is -2.58. The van der Waals surface area contributed by atoms with Crippen molar-refractivity contribution >= 4 is 24.1 Å². The van der Waals surface area contributed by atoms with Gasteiger partial charge in [-0.25, -0.2) is 4.79 Å². The molecule has 29 heavy (non-hydrogen) atoms. The Labute approximate surface area is 174 Å². The molecule has 0 aromatic rings. The highest BCUT2D eigenvalue weighted by molar-refractivity contribution is 5.98. The van der Waals surface area contributed by atoms with Gasteiger partial charge in [0.15, 0.2) is 0 Å². The summed E-state index contributed by atoms with van der Waals surface area (Å²) in [5.74, 6) is -0.223. The molecule has 0 aromatic carbocycles. The second kappa shape index (κ2) is 9.26. The lowest BCUT2D eigenvalue weighted by molar-refractivity contribution is -0.153. The largest absolute Gasteiger partial charge is 0.333 e. The molecule has 2 aliphatic rings. The first kappa shape index (κ1) is 23.4. The summed E-state index contributed by atoms with van der Waals surface area (Å²) in [6.07, 6.45) is 6.68. The minimum atomic E-state index is -0.505. The Bertz CT molecular complexity index is 612. The van der Waals surface area contributed by atoms with E-state index in [1.165, 1.54) is 11.3 Å². The molecule has 0 unspecified atom stereocenters. The highest BCUT2D eigenvalue weighted by atomic mass is 16.2. The predicted molar refractivity (Wildman–Crippen MR) is 111 cm³/mol. The smallest absolute Gasteiger partial charge is 0.315 e. The lowest BCUT2D eigenvalue weighted by Gasteiger charge is -2.40. The molecule has 2 fully saturated rings. The summed E-state index contributed by atoms with van der Waals surface area (Å²) in [5, 5.41) is 5.72. The number of urea groups is 1. The number of hydrogen-bond acceptors (Lipinski definition) is 4. The van der Waals surface area contributed by atoms with Crippen LogP contribution in [0.25, 0.3) is 0 Å². The number of carbonyl (C=O) groups is 4. The van der Waals surface area contributed by atoms with Gasteiger partial charge in [-0.05, 0) is 29.6 Å². The van der Waals surface area contributed by atoms with E-state index in [9.17, 15) is 19.2 Å². The average molecular weight is 408 g/mol. The van der Waals surface area contributed by atoms with E-state index in [0.717, 1.165) is 32.0 Å². The summed E-state index contributed by atoms with van der Waals surface area (Å²) in [7, 11) is 0. The number of imide groups is 1. The van der Waals surface area contributed by atoms with Crippen molar-refractivity contribution < 1.29 is 19.2 Å². The molecule has 1 saturated heterocycles. The van der Waals surface area contributed by atoms with Crippen LogP contribution < -0.4 is 10.6 Å². The van der Waals surface area contributed by atoms with Crippen molar-refractivity contribution in [1.82, 2.24) is 15.5 Å². The summed E-state index contributed by atoms with van der Waals surface area (Å²) in [5.41, 5.74) is -0.698. The molecule has 7 nitrogen and oxygen atoms in total. The van der Waals surface area contributed by atoms with Gasteiger partial charge in [-0.3, -0.25) is 14.5 Å². The molecule has 0 radical (unpaired) electrons. The van der Waals surface area contributed by atoms with Crippen LogP contribution in [0.15, 0.2) is 0 Å². The Balaban J connectivity index is 2.03. The van der Waals surface area contributed by atoms with Crippen LogP contribution in [0.4, 0.5) is 4.79 Å². The topological polar surface area (TPSA) is 95.6 Å². The summed E-state index contributed by atoms with van der Waals surface area (Å²) < 4.78 is 0. The first-order chi connectivity index (χ1) is 13.4. The number of hydrogen-bond donors (Lipinski definition) is 2. The quantitative estimate of drug-likeness (QED) is 0.523. The molecule has 4 amide bonds. The Morgan fingerprint density at radius 2 is 1.66 bits per heavy atom. The summed E-state index contributed by atoms with van der Waals surface area (Å²) >= 11 is 0. The van der Waals surface area contributed by atoms with Crippen LogP contribution in [-0.4, -0.2) is 47.7 Å². The summed E-state index contributed by atoms with van der Waals surface area (Å²) in [4.78, 5) is 50.5. The molecule has 2 atom stereocenters. The van der Waals surface area contributed by atoms with Crippen molar-refractivity contribution in [1.29, 1.82) is 0 Å². The molecular formula is C22H37N3O4. The van der Waals surface area contributed by atoms with Crippen molar-refractivity contribution in [3.8, 4) is 0 Å². The monoisotopic (exact) mass is 407 g/mol. The minimum absolute atomic E-state index is 0.139. The maximum Gasteiger partial charge on any atom is 0.315 e. The number of nitrogens with one attached hydrogen (secondary N) is 2. The molecule has 1 aliphatic heterocycles. The number of likely N-dealkylation sites (tertiary alicyclic amines) is 1. The maximum absolute atomic E-state index is 12.7. The van der Waals surface area contributed by atoms with Crippen LogP contribution in [0.2, 0.25) is 0 Å². The van der Waals surface area contributed by atoms with E-state index >= 15 is 0 Å². The number of aldehydes is 1. The van der Waals surface area contributed by atoms with E-state index in [4.69, 9.17) is 0 Å². The Morgan fingerprint density at radius 3 is 2.14 bits per heavy atom. The van der Waals surface area contributed by atoms with Crippen LogP contribution in [0.1, 0.15) is 79.6 Å². The Hall–Kier alpha value is -1.92. The molecule has 0 spiro atoms. The van der Waals surface area contributed by atoms with Crippen LogP contribution in [0.5, 0.6) is 0 Å². The van der Waals surface area contributed by atoms with Gasteiger partial charge in [-0.2, -0.15) is 0 Å². The van der Waals surface area contributed by atoms with Crippen LogP contribution in [-0.2, 0) is 14.4 Å². The normalized spacial score (nSPS) is 22.7. The van der Waals surface area contributed by atoms with E-state index in [1.54, 1.807) is 0 Å². The van der Waals surface area contributed by atoms with Gasteiger partial charge in [0.05, 0.1) is 12.1 Å². The highest BCUT2D eigenvalue weighted by Crippen LogP contribution is 2.32. The second-order valence-corrected chi connectivity index (χ2v) is 10.5. The number of amides is 4. The third-order valence-electron chi connectivity index (χ3n) is 6.18. The third kappa shape index (κ3) is 6.54. The van der Waals surface area contributed by atoms with Crippen molar-refractivity contribution in [3.05, 3.63) is 0 Å². The fourth-order valence-electron chi connectivity index (χ4n) is 4.24. The summed E-state index contributed by atoms with van der Waals surface area (Å²) in [6.45, 7) is 9.84. The van der Waals surface area contributed by atoms with Gasteiger partial charge < -0.3 is 15.4 Å². The van der Waals surface area contributed by atoms with Crippen molar-refractivity contribution in [2.45, 2.75) is 91.6 Å². The molecule has 0 bridgehead atoms. The van der Waals surface area contributed by atoms with E-state index in [-0.39, 0.29) is 35.1 Å². The third-order valence-corrected chi connectivity index (χ3v) is 6.18. The number of carbonyl (C=O) groups excluding carboxylic acids is 4. The molecule has 7 heteroatoms. The van der Waals surface area contributed by atoms with Crippen molar-refractivity contribution in [3.63, 3.8) is 0 Å². The summed E-state index contributed by atoms with van der Waals surface area (Å²) in [6, 6.07) is -1.35. The Morgan fingerprint density at radius 1 is 1.10 bits per heavy atom. The minimum Gasteiger partial charge on any atom is -0.333 e. The first-order valence-electron chi connectivity index (χ1n) is 10.8. The number of rotatable bonds is 6. The second-order valence-electron chi connectivity index (χ2n) is 10.5. The maximum atomic E-state index is 12.7. The van der Waals surface area contributed by atoms with E-state index < -0.39 is 18.1 Å². The van der Waals surface area contributed by atoms with E-state index in [1.807, 2.05) is 34.6 Å². The molecule has 2 rings (SSSR count). The van der Waals surface area contributed by atoms with Gasteiger partial charge in [-0.15, -0.1) is 0 Å². The zero-order valence-corrected chi connectivity index (χ0v) is 18.5. The lowest BCUT2D eigenvalue weighted by atomic mass is 9.80. The first-order valence-corrected chi connectivity index (χ1v) is 10.8. The SMILES string of the molecule is CC1(C)CC(=O)N(C[C@@H](NC(=O)N[C@H](C=O)C2CCCCC2)C(C)(C)C)C(=O)C1. The fourth-order valence-corrected chi connectivity index (χ4v) is 4.24. The van der Waals surface area contributed by atoms with Crippen LogP contribution in [0.3, 0.4) is 0 Å². The van der Waals surface area contributed by atoms with Gasteiger partial charge in [0.2, 0.25) is 11.8 Å². The van der Waals surface area contributed by atoms with Gasteiger partial charge in [-0.1, -0.05) is 53.9 Å². The van der Waals surface area contributed by atoms with Crippen LogP contribution in [0, 0.1) is 16.7 Å². The molecule has 1 aliphatic carbocycles. The Kier molecular flexibility index (Phi) is 7.46. The van der Waals surface area contributed by atoms with Gasteiger partial charge in [0.25, 0.3) is 0 Å². The van der Waals surface area contributed by atoms with Crippen molar-refractivity contribution in [2.75, 3.05) is 6.54 Å².